The Labute approximate surface area is 100 Å². The van der Waals surface area contributed by atoms with E-state index in [1.807, 2.05) is 6.92 Å². The van der Waals surface area contributed by atoms with Gasteiger partial charge in [-0.15, -0.1) is 0 Å². The molecule has 5 heteroatoms. The van der Waals surface area contributed by atoms with Gasteiger partial charge in [0.2, 0.25) is 5.91 Å². The van der Waals surface area contributed by atoms with Crippen molar-refractivity contribution >= 4 is 17.6 Å². The van der Waals surface area contributed by atoms with Crippen molar-refractivity contribution in [2.75, 3.05) is 25.0 Å². The van der Waals surface area contributed by atoms with E-state index in [1.165, 1.54) is 11.0 Å². The fourth-order valence-electron chi connectivity index (χ4n) is 1.43. The molecule has 0 unspecified atom stereocenters. The maximum atomic E-state index is 11.7. The molecule has 92 valence electrons. The summed E-state index contributed by atoms with van der Waals surface area (Å²) < 4.78 is 0. The number of nitrogens with zero attached hydrogens (tertiary/aromatic N) is 1. The van der Waals surface area contributed by atoms with Gasteiger partial charge in [-0.1, -0.05) is 19.1 Å². The number of para-hydroxylation sites is 1. The number of likely N-dealkylation sites (N-methyl/N-ethyl adjacent to an activating group) is 2. The van der Waals surface area contributed by atoms with Crippen LogP contribution < -0.4 is 10.2 Å². The summed E-state index contributed by atoms with van der Waals surface area (Å²) in [6.45, 7) is 2.79. The molecular formula is C12H16N2O3. The Kier molecular flexibility index (Phi) is 4.66. The Hall–Kier alpha value is -1.88. The van der Waals surface area contributed by atoms with Gasteiger partial charge in [0.1, 0.15) is 0 Å². The molecular weight excluding hydrogens is 220 g/mol. The van der Waals surface area contributed by atoms with Crippen molar-refractivity contribution in [3.05, 3.63) is 29.8 Å². The van der Waals surface area contributed by atoms with Gasteiger partial charge in [0.25, 0.3) is 0 Å². The Morgan fingerprint density at radius 3 is 2.59 bits per heavy atom. The SMILES string of the molecule is CCNCC(=O)N(C)c1ccccc1C(=O)O. The highest BCUT2D eigenvalue weighted by Gasteiger charge is 2.16. The Morgan fingerprint density at radius 2 is 2.00 bits per heavy atom. The molecule has 1 aromatic rings. The minimum absolute atomic E-state index is 0.125. The summed E-state index contributed by atoms with van der Waals surface area (Å²) in [5.41, 5.74) is 0.530. The Bertz CT molecular complexity index is 418. The summed E-state index contributed by atoms with van der Waals surface area (Å²) in [4.78, 5) is 24.1. The second-order valence-electron chi connectivity index (χ2n) is 3.56. The van der Waals surface area contributed by atoms with Gasteiger partial charge in [0.05, 0.1) is 17.8 Å². The summed E-state index contributed by atoms with van der Waals surface area (Å²) in [6, 6.07) is 6.44. The first-order valence-electron chi connectivity index (χ1n) is 5.37. The van der Waals surface area contributed by atoms with E-state index in [0.29, 0.717) is 12.2 Å². The summed E-state index contributed by atoms with van der Waals surface area (Å²) in [5, 5.41) is 11.9. The average Bonchev–Trinajstić information content (AvgIpc) is 2.34. The second-order valence-corrected chi connectivity index (χ2v) is 3.56. The van der Waals surface area contributed by atoms with Crippen LogP contribution in [0.25, 0.3) is 0 Å². The number of hydrogen-bond donors (Lipinski definition) is 2. The molecule has 0 atom stereocenters. The van der Waals surface area contributed by atoms with E-state index < -0.39 is 5.97 Å². The number of rotatable bonds is 5. The quantitative estimate of drug-likeness (QED) is 0.798. The van der Waals surface area contributed by atoms with Crippen molar-refractivity contribution in [2.45, 2.75) is 6.92 Å². The first kappa shape index (κ1) is 13.2. The smallest absolute Gasteiger partial charge is 0.337 e. The summed E-state index contributed by atoms with van der Waals surface area (Å²) in [6.07, 6.45) is 0. The van der Waals surface area contributed by atoms with Crippen LogP contribution >= 0.6 is 0 Å². The highest BCUT2D eigenvalue weighted by molar-refractivity contribution is 6.02. The zero-order valence-electron chi connectivity index (χ0n) is 9.93. The van der Waals surface area contributed by atoms with E-state index in [-0.39, 0.29) is 18.0 Å². The number of hydrogen-bond acceptors (Lipinski definition) is 3. The third kappa shape index (κ3) is 3.29. The molecule has 1 aromatic carbocycles. The van der Waals surface area contributed by atoms with Gasteiger partial charge in [-0.05, 0) is 18.7 Å². The molecule has 0 aliphatic rings. The van der Waals surface area contributed by atoms with Crippen LogP contribution in [0.1, 0.15) is 17.3 Å². The number of nitrogens with one attached hydrogen (secondary N) is 1. The second kappa shape index (κ2) is 6.00. The molecule has 17 heavy (non-hydrogen) atoms. The molecule has 0 aromatic heterocycles. The van der Waals surface area contributed by atoms with Crippen molar-refractivity contribution in [3.63, 3.8) is 0 Å². The molecule has 0 bridgehead atoms. The molecule has 5 nitrogen and oxygen atoms in total. The molecule has 0 saturated carbocycles. The maximum absolute atomic E-state index is 11.7. The number of anilines is 1. The average molecular weight is 236 g/mol. The van der Waals surface area contributed by atoms with Crippen LogP contribution in [0.15, 0.2) is 24.3 Å². The predicted molar refractivity (Wildman–Crippen MR) is 65.4 cm³/mol. The molecule has 1 amide bonds. The van der Waals surface area contributed by atoms with Gasteiger partial charge < -0.3 is 15.3 Å². The molecule has 0 fully saturated rings. The van der Waals surface area contributed by atoms with Gasteiger partial charge in [-0.2, -0.15) is 0 Å². The normalized spacial score (nSPS) is 10.0. The molecule has 0 spiro atoms. The molecule has 2 N–H and O–H groups in total. The van der Waals surface area contributed by atoms with Crippen LogP contribution in [-0.2, 0) is 4.79 Å². The van der Waals surface area contributed by atoms with Crippen molar-refractivity contribution in [1.82, 2.24) is 5.32 Å². The maximum Gasteiger partial charge on any atom is 0.337 e. The molecule has 0 aliphatic carbocycles. The summed E-state index contributed by atoms with van der Waals surface area (Å²) >= 11 is 0. The van der Waals surface area contributed by atoms with Gasteiger partial charge in [-0.3, -0.25) is 4.79 Å². The molecule has 1 rings (SSSR count). The lowest BCUT2D eigenvalue weighted by Gasteiger charge is -2.19. The van der Waals surface area contributed by atoms with Crippen LogP contribution in [0.3, 0.4) is 0 Å². The molecule has 0 radical (unpaired) electrons. The van der Waals surface area contributed by atoms with Gasteiger partial charge in [-0.25, -0.2) is 4.79 Å². The standard InChI is InChI=1S/C12H16N2O3/c1-3-13-8-11(15)14(2)10-7-5-4-6-9(10)12(16)17/h4-7,13H,3,8H2,1-2H3,(H,16,17). The number of carbonyl (C=O) groups excluding carboxylic acids is 1. The van der Waals surface area contributed by atoms with Crippen molar-refractivity contribution in [2.24, 2.45) is 0 Å². The Balaban J connectivity index is 2.91. The monoisotopic (exact) mass is 236 g/mol. The number of carbonyl (C=O) groups is 2. The number of benzene rings is 1. The van der Waals surface area contributed by atoms with E-state index in [0.717, 1.165) is 0 Å². The zero-order valence-corrected chi connectivity index (χ0v) is 9.93. The van der Waals surface area contributed by atoms with E-state index in [2.05, 4.69) is 5.32 Å². The van der Waals surface area contributed by atoms with Crippen molar-refractivity contribution in [1.29, 1.82) is 0 Å². The van der Waals surface area contributed by atoms with E-state index >= 15 is 0 Å². The fourth-order valence-corrected chi connectivity index (χ4v) is 1.43. The van der Waals surface area contributed by atoms with Crippen LogP contribution in [0.2, 0.25) is 0 Å². The van der Waals surface area contributed by atoms with Gasteiger partial charge in [0.15, 0.2) is 0 Å². The number of amides is 1. The lowest BCUT2D eigenvalue weighted by molar-refractivity contribution is -0.117. The van der Waals surface area contributed by atoms with Gasteiger partial charge >= 0.3 is 5.97 Å². The number of aromatic carboxylic acids is 1. The fraction of sp³-hybridized carbons (Fsp3) is 0.333. The van der Waals surface area contributed by atoms with Crippen LogP contribution in [-0.4, -0.2) is 37.1 Å². The van der Waals surface area contributed by atoms with Crippen LogP contribution in [0.4, 0.5) is 5.69 Å². The van der Waals surface area contributed by atoms with E-state index in [9.17, 15) is 9.59 Å². The highest BCUT2D eigenvalue weighted by Crippen LogP contribution is 2.18. The lowest BCUT2D eigenvalue weighted by Crippen LogP contribution is -2.36. The van der Waals surface area contributed by atoms with E-state index in [1.54, 1.807) is 25.2 Å². The first-order chi connectivity index (χ1) is 8.07. The minimum Gasteiger partial charge on any atom is -0.478 e. The third-order valence-corrected chi connectivity index (χ3v) is 2.40. The summed E-state index contributed by atoms with van der Waals surface area (Å²) in [5.74, 6) is -1.20. The van der Waals surface area contributed by atoms with Crippen molar-refractivity contribution < 1.29 is 14.7 Å². The lowest BCUT2D eigenvalue weighted by atomic mass is 10.1. The number of carboxylic acid groups (broad SMARTS) is 1. The third-order valence-electron chi connectivity index (χ3n) is 2.40. The number of carboxylic acids is 1. The molecule has 0 saturated heterocycles. The zero-order chi connectivity index (χ0) is 12.8. The highest BCUT2D eigenvalue weighted by atomic mass is 16.4. The minimum atomic E-state index is -1.04. The van der Waals surface area contributed by atoms with Gasteiger partial charge in [0, 0.05) is 7.05 Å². The molecule has 0 aliphatic heterocycles. The Morgan fingerprint density at radius 1 is 1.35 bits per heavy atom. The first-order valence-corrected chi connectivity index (χ1v) is 5.37. The topological polar surface area (TPSA) is 69.6 Å². The van der Waals surface area contributed by atoms with E-state index in [4.69, 9.17) is 5.11 Å². The summed E-state index contributed by atoms with van der Waals surface area (Å²) in [7, 11) is 1.57. The van der Waals surface area contributed by atoms with Crippen LogP contribution in [0, 0.1) is 0 Å². The largest absolute Gasteiger partial charge is 0.478 e. The van der Waals surface area contributed by atoms with Crippen molar-refractivity contribution in [3.8, 4) is 0 Å². The molecule has 0 heterocycles. The predicted octanol–water partition coefficient (Wildman–Crippen LogP) is 0.957. The van der Waals surface area contributed by atoms with Crippen LogP contribution in [0.5, 0.6) is 0 Å².